The van der Waals surface area contributed by atoms with Gasteiger partial charge in [-0.3, -0.25) is 0 Å². The number of aromatic amines is 1. The Kier molecular flexibility index (Phi) is 6.58. The van der Waals surface area contributed by atoms with Gasteiger partial charge in [-0.05, 0) is 58.2 Å². The number of ether oxygens (including phenoxy) is 1. The SMILES string of the molecule is CCCCc1nc2cc(C)cc(C(=O)OC)c2n1Cc1ccc(-c2ccccc2-c2nnn[nH]2)cc1. The molecule has 0 bridgehead atoms. The van der Waals surface area contributed by atoms with E-state index in [2.05, 4.69) is 62.4 Å². The summed E-state index contributed by atoms with van der Waals surface area (Å²) >= 11 is 0. The van der Waals surface area contributed by atoms with Crippen molar-refractivity contribution in [2.45, 2.75) is 39.7 Å². The first-order valence-corrected chi connectivity index (χ1v) is 12.1. The van der Waals surface area contributed by atoms with Gasteiger partial charge < -0.3 is 9.30 Å². The van der Waals surface area contributed by atoms with Gasteiger partial charge in [0.15, 0.2) is 5.82 Å². The molecule has 0 fully saturated rings. The predicted molar refractivity (Wildman–Crippen MR) is 139 cm³/mol. The van der Waals surface area contributed by atoms with Crippen LogP contribution in [0.1, 0.15) is 47.1 Å². The predicted octanol–water partition coefficient (Wildman–Crippen LogP) is 5.37. The number of hydrogen-bond acceptors (Lipinski definition) is 6. The zero-order chi connectivity index (χ0) is 25.1. The van der Waals surface area contributed by atoms with Crippen LogP contribution in [0.15, 0.2) is 60.7 Å². The molecule has 8 heteroatoms. The quantitative estimate of drug-likeness (QED) is 0.300. The van der Waals surface area contributed by atoms with Crippen molar-refractivity contribution in [2.24, 2.45) is 0 Å². The lowest BCUT2D eigenvalue weighted by atomic mass is 9.98. The molecule has 0 unspecified atom stereocenters. The Labute approximate surface area is 209 Å². The van der Waals surface area contributed by atoms with Crippen LogP contribution in [0.5, 0.6) is 0 Å². The first kappa shape index (κ1) is 23.4. The van der Waals surface area contributed by atoms with E-state index in [0.717, 1.165) is 63.9 Å². The summed E-state index contributed by atoms with van der Waals surface area (Å²) in [4.78, 5) is 17.6. The molecule has 0 aliphatic carbocycles. The summed E-state index contributed by atoms with van der Waals surface area (Å²) in [6.07, 6.45) is 2.95. The monoisotopic (exact) mass is 480 g/mol. The molecule has 0 radical (unpaired) electrons. The standard InChI is InChI=1S/C28H28N6O2/c1-4-5-10-25-29-24-16-18(2)15-23(28(35)36-3)26(24)34(25)17-19-11-13-20(14-12-19)21-8-6-7-9-22(21)27-30-32-33-31-27/h6-9,11-16H,4-5,10,17H2,1-3H3,(H,30,31,32,33). The number of unbranched alkanes of at least 4 members (excludes halogenated alkanes) is 1. The number of imidazole rings is 1. The van der Waals surface area contributed by atoms with Crippen LogP contribution < -0.4 is 0 Å². The summed E-state index contributed by atoms with van der Waals surface area (Å²) in [7, 11) is 1.42. The van der Waals surface area contributed by atoms with Crippen LogP contribution in [0.2, 0.25) is 0 Å². The highest BCUT2D eigenvalue weighted by Gasteiger charge is 2.20. The minimum absolute atomic E-state index is 0.347. The van der Waals surface area contributed by atoms with Gasteiger partial charge >= 0.3 is 5.97 Å². The molecule has 0 aliphatic heterocycles. The fraction of sp³-hybridized carbons (Fsp3) is 0.250. The number of aryl methyl sites for hydroxylation is 2. The van der Waals surface area contributed by atoms with Crippen molar-refractivity contribution in [2.75, 3.05) is 7.11 Å². The average Bonchev–Trinajstić information content (AvgIpc) is 3.55. The molecule has 3 aromatic carbocycles. The molecular weight excluding hydrogens is 452 g/mol. The van der Waals surface area contributed by atoms with Crippen LogP contribution in [-0.2, 0) is 17.7 Å². The van der Waals surface area contributed by atoms with Crippen molar-refractivity contribution in [1.29, 1.82) is 0 Å². The smallest absolute Gasteiger partial charge is 0.340 e. The maximum absolute atomic E-state index is 12.7. The van der Waals surface area contributed by atoms with Gasteiger partial charge in [0, 0.05) is 18.5 Å². The van der Waals surface area contributed by atoms with E-state index in [9.17, 15) is 4.79 Å². The zero-order valence-electron chi connectivity index (χ0n) is 20.7. The normalized spacial score (nSPS) is 11.2. The molecule has 0 saturated carbocycles. The lowest BCUT2D eigenvalue weighted by Crippen LogP contribution is -2.10. The summed E-state index contributed by atoms with van der Waals surface area (Å²) < 4.78 is 7.27. The fourth-order valence-electron chi connectivity index (χ4n) is 4.61. The van der Waals surface area contributed by atoms with Crippen molar-refractivity contribution < 1.29 is 9.53 Å². The number of aromatic nitrogens is 6. The van der Waals surface area contributed by atoms with Crippen molar-refractivity contribution in [1.82, 2.24) is 30.2 Å². The number of tetrazole rings is 1. The van der Waals surface area contributed by atoms with E-state index in [1.54, 1.807) is 0 Å². The number of H-pyrrole nitrogens is 1. The van der Waals surface area contributed by atoms with Crippen LogP contribution >= 0.6 is 0 Å². The van der Waals surface area contributed by atoms with E-state index in [0.29, 0.717) is 17.9 Å². The van der Waals surface area contributed by atoms with Gasteiger partial charge in [-0.1, -0.05) is 61.9 Å². The summed E-state index contributed by atoms with van der Waals surface area (Å²) in [5, 5.41) is 14.3. The Morgan fingerprint density at radius 2 is 1.83 bits per heavy atom. The van der Waals surface area contributed by atoms with Crippen LogP contribution in [0.3, 0.4) is 0 Å². The van der Waals surface area contributed by atoms with Gasteiger partial charge in [0.25, 0.3) is 0 Å². The molecule has 0 amide bonds. The van der Waals surface area contributed by atoms with Gasteiger partial charge in [-0.15, -0.1) is 5.10 Å². The lowest BCUT2D eigenvalue weighted by molar-refractivity contribution is 0.0602. The molecule has 8 nitrogen and oxygen atoms in total. The third-order valence-corrected chi connectivity index (χ3v) is 6.36. The second-order valence-electron chi connectivity index (χ2n) is 8.88. The third kappa shape index (κ3) is 4.49. The van der Waals surface area contributed by atoms with Crippen LogP contribution in [0, 0.1) is 6.92 Å². The lowest BCUT2D eigenvalue weighted by Gasteiger charge is -2.13. The van der Waals surface area contributed by atoms with Gasteiger partial charge in [0.2, 0.25) is 0 Å². The van der Waals surface area contributed by atoms with E-state index in [1.807, 2.05) is 37.3 Å². The first-order valence-electron chi connectivity index (χ1n) is 12.1. The topological polar surface area (TPSA) is 98.6 Å². The molecule has 0 spiro atoms. The molecule has 1 N–H and O–H groups in total. The number of nitrogens with one attached hydrogen (secondary N) is 1. The van der Waals surface area contributed by atoms with Crippen molar-refractivity contribution in [3.8, 4) is 22.5 Å². The van der Waals surface area contributed by atoms with Gasteiger partial charge in [-0.25, -0.2) is 14.9 Å². The van der Waals surface area contributed by atoms with E-state index in [1.165, 1.54) is 7.11 Å². The Bertz CT molecular complexity index is 1500. The Hall–Kier alpha value is -4.33. The van der Waals surface area contributed by atoms with Crippen molar-refractivity contribution >= 4 is 17.0 Å². The molecule has 182 valence electrons. The summed E-state index contributed by atoms with van der Waals surface area (Å²) in [6, 6.07) is 20.4. The molecule has 0 aliphatic rings. The minimum Gasteiger partial charge on any atom is -0.465 e. The molecule has 2 heterocycles. The Balaban J connectivity index is 1.54. The summed E-state index contributed by atoms with van der Waals surface area (Å²) in [5.74, 6) is 1.27. The van der Waals surface area contributed by atoms with Gasteiger partial charge in [-0.2, -0.15) is 0 Å². The van der Waals surface area contributed by atoms with E-state index in [-0.39, 0.29) is 5.97 Å². The molecule has 0 atom stereocenters. The van der Waals surface area contributed by atoms with Crippen LogP contribution in [0.25, 0.3) is 33.5 Å². The highest BCUT2D eigenvalue weighted by atomic mass is 16.5. The number of nitrogens with zero attached hydrogens (tertiary/aromatic N) is 5. The number of methoxy groups -OCH3 is 1. The minimum atomic E-state index is -0.347. The number of hydrogen-bond donors (Lipinski definition) is 1. The van der Waals surface area contributed by atoms with E-state index in [4.69, 9.17) is 9.72 Å². The number of rotatable bonds is 8. The van der Waals surface area contributed by atoms with E-state index < -0.39 is 0 Å². The van der Waals surface area contributed by atoms with Gasteiger partial charge in [0.1, 0.15) is 5.82 Å². The second-order valence-corrected chi connectivity index (χ2v) is 8.88. The largest absolute Gasteiger partial charge is 0.465 e. The number of carbonyl (C=O) groups excluding carboxylic acids is 1. The van der Waals surface area contributed by atoms with Crippen molar-refractivity contribution in [3.05, 3.63) is 83.2 Å². The molecule has 36 heavy (non-hydrogen) atoms. The molecule has 2 aromatic heterocycles. The first-order chi connectivity index (χ1) is 17.6. The van der Waals surface area contributed by atoms with Gasteiger partial charge in [0.05, 0.1) is 23.7 Å². The number of benzene rings is 3. The number of fused-ring (bicyclic) bond motifs is 1. The molecular formula is C28H28N6O2. The maximum atomic E-state index is 12.7. The highest BCUT2D eigenvalue weighted by molar-refractivity contribution is 6.02. The molecule has 0 saturated heterocycles. The van der Waals surface area contributed by atoms with Crippen LogP contribution in [-0.4, -0.2) is 43.3 Å². The maximum Gasteiger partial charge on any atom is 0.340 e. The Morgan fingerprint density at radius 1 is 1.06 bits per heavy atom. The van der Waals surface area contributed by atoms with Crippen LogP contribution in [0.4, 0.5) is 0 Å². The summed E-state index contributed by atoms with van der Waals surface area (Å²) in [5.41, 5.74) is 7.36. The van der Waals surface area contributed by atoms with Crippen molar-refractivity contribution in [3.63, 3.8) is 0 Å². The second kappa shape index (κ2) is 10.1. The average molecular weight is 481 g/mol. The summed E-state index contributed by atoms with van der Waals surface area (Å²) in [6.45, 7) is 4.75. The number of esters is 1. The zero-order valence-corrected chi connectivity index (χ0v) is 20.7. The fourth-order valence-corrected chi connectivity index (χ4v) is 4.61. The molecule has 5 rings (SSSR count). The number of carbonyl (C=O) groups is 1. The highest BCUT2D eigenvalue weighted by Crippen LogP contribution is 2.30. The third-order valence-electron chi connectivity index (χ3n) is 6.36. The molecule has 5 aromatic rings. The Morgan fingerprint density at radius 3 is 2.53 bits per heavy atom. The van der Waals surface area contributed by atoms with E-state index >= 15 is 0 Å².